The lowest BCUT2D eigenvalue weighted by molar-refractivity contribution is -0.114. The molecular weight excluding hydrogens is 455 g/mol. The van der Waals surface area contributed by atoms with Crippen molar-refractivity contribution in [3.8, 4) is 5.75 Å². The number of benzene rings is 3. The van der Waals surface area contributed by atoms with Crippen molar-refractivity contribution in [2.75, 3.05) is 24.3 Å². The third kappa shape index (κ3) is 3.57. The number of methoxy groups -OCH3 is 1. The Morgan fingerprint density at radius 1 is 1.00 bits per heavy atom. The van der Waals surface area contributed by atoms with Crippen molar-refractivity contribution in [3.63, 3.8) is 0 Å². The first kappa shape index (κ1) is 17.7. The molecule has 4 aromatic rings. The van der Waals surface area contributed by atoms with E-state index in [4.69, 9.17) is 9.15 Å². The summed E-state index contributed by atoms with van der Waals surface area (Å²) < 4.78 is 12.4. The van der Waals surface area contributed by atoms with E-state index in [9.17, 15) is 4.79 Å². The van der Waals surface area contributed by atoms with E-state index >= 15 is 0 Å². The van der Waals surface area contributed by atoms with Gasteiger partial charge in [0.2, 0.25) is 5.91 Å². The minimum Gasteiger partial charge on any atom is -0.495 e. The van der Waals surface area contributed by atoms with Crippen molar-refractivity contribution in [3.05, 3.63) is 64.2 Å². The molecule has 0 saturated carbocycles. The maximum atomic E-state index is 12.3. The Morgan fingerprint density at radius 2 is 1.78 bits per heavy atom. The number of carbonyl (C=O) groups excluding carboxylic acids is 1. The average molecular weight is 472 g/mol. The molecule has 2 N–H and O–H groups in total. The second-order valence-corrected chi connectivity index (χ2v) is 7.19. The van der Waals surface area contributed by atoms with Crippen LogP contribution in [0.3, 0.4) is 0 Å². The van der Waals surface area contributed by atoms with Gasteiger partial charge in [-0.1, -0.05) is 30.3 Å². The molecule has 0 saturated heterocycles. The molecule has 0 unspecified atom stereocenters. The van der Waals surface area contributed by atoms with E-state index in [1.807, 2.05) is 60.7 Å². The Balaban J connectivity index is 1.57. The largest absolute Gasteiger partial charge is 0.495 e. The van der Waals surface area contributed by atoms with Gasteiger partial charge in [-0.25, -0.2) is 0 Å². The molecule has 1 heterocycles. The van der Waals surface area contributed by atoms with Crippen LogP contribution in [0.1, 0.15) is 0 Å². The molecule has 0 bridgehead atoms. The van der Waals surface area contributed by atoms with E-state index < -0.39 is 0 Å². The molecule has 0 aliphatic rings. The summed E-state index contributed by atoms with van der Waals surface area (Å²) in [6.45, 7) is 0.118. The quantitative estimate of drug-likeness (QED) is 0.390. The first-order valence-corrected chi connectivity index (χ1v) is 9.51. The number of halogens is 1. The van der Waals surface area contributed by atoms with Gasteiger partial charge in [-0.05, 0) is 46.9 Å². The molecule has 0 radical (unpaired) electrons. The Bertz CT molecular complexity index is 1140. The van der Waals surface area contributed by atoms with Crippen LogP contribution in [0.25, 0.3) is 21.9 Å². The highest BCUT2D eigenvalue weighted by atomic mass is 127. The number of anilines is 2. The number of hydrogen-bond acceptors (Lipinski definition) is 4. The van der Waals surface area contributed by atoms with Gasteiger partial charge < -0.3 is 19.8 Å². The predicted molar refractivity (Wildman–Crippen MR) is 117 cm³/mol. The van der Waals surface area contributed by atoms with Crippen molar-refractivity contribution >= 4 is 61.8 Å². The van der Waals surface area contributed by atoms with Gasteiger partial charge in [-0.3, -0.25) is 4.79 Å². The number of hydrogen-bond donors (Lipinski definition) is 2. The van der Waals surface area contributed by atoms with Gasteiger partial charge in [0.1, 0.15) is 16.9 Å². The molecule has 1 amide bonds. The Kier molecular flexibility index (Phi) is 4.89. The molecular formula is C21H17IN2O3. The van der Waals surface area contributed by atoms with Crippen LogP contribution >= 0.6 is 22.6 Å². The van der Waals surface area contributed by atoms with Crippen molar-refractivity contribution < 1.29 is 13.9 Å². The molecule has 6 heteroatoms. The molecule has 5 nitrogen and oxygen atoms in total. The molecule has 4 rings (SSSR count). The molecule has 136 valence electrons. The zero-order valence-corrected chi connectivity index (χ0v) is 16.7. The maximum Gasteiger partial charge on any atom is 0.243 e. The second-order valence-electron chi connectivity index (χ2n) is 6.03. The van der Waals surface area contributed by atoms with E-state index in [-0.39, 0.29) is 12.5 Å². The number of nitrogens with one attached hydrogen (secondary N) is 2. The maximum absolute atomic E-state index is 12.3. The van der Waals surface area contributed by atoms with Gasteiger partial charge in [0.05, 0.1) is 25.0 Å². The molecule has 1 aromatic heterocycles. The number of fused-ring (bicyclic) bond motifs is 3. The van der Waals surface area contributed by atoms with Crippen LogP contribution in [0.4, 0.5) is 11.4 Å². The van der Waals surface area contributed by atoms with Gasteiger partial charge in [0, 0.05) is 20.4 Å². The van der Waals surface area contributed by atoms with E-state index in [0.29, 0.717) is 11.4 Å². The molecule has 0 aliphatic carbocycles. The first-order chi connectivity index (χ1) is 13.2. The van der Waals surface area contributed by atoms with Crippen LogP contribution in [-0.2, 0) is 4.79 Å². The van der Waals surface area contributed by atoms with Crippen LogP contribution in [-0.4, -0.2) is 19.6 Å². The molecule has 0 aliphatic heterocycles. The summed E-state index contributed by atoms with van der Waals surface area (Å²) in [6, 6.07) is 19.3. The van der Waals surface area contributed by atoms with Crippen molar-refractivity contribution in [1.29, 1.82) is 0 Å². The van der Waals surface area contributed by atoms with Crippen LogP contribution < -0.4 is 15.4 Å². The third-order valence-corrected chi connectivity index (χ3v) is 5.23. The van der Waals surface area contributed by atoms with Crippen LogP contribution in [0.5, 0.6) is 5.75 Å². The van der Waals surface area contributed by atoms with Gasteiger partial charge in [0.25, 0.3) is 0 Å². The fraction of sp³-hybridized carbons (Fsp3) is 0.0952. The van der Waals surface area contributed by atoms with E-state index in [1.54, 1.807) is 7.11 Å². The summed E-state index contributed by atoms with van der Waals surface area (Å²) in [6.07, 6.45) is 0. The lowest BCUT2D eigenvalue weighted by Crippen LogP contribution is -2.22. The fourth-order valence-corrected chi connectivity index (χ4v) is 3.51. The summed E-state index contributed by atoms with van der Waals surface area (Å²) in [7, 11) is 1.61. The fourth-order valence-electron chi connectivity index (χ4n) is 2.99. The van der Waals surface area contributed by atoms with Crippen molar-refractivity contribution in [1.82, 2.24) is 0 Å². The standard InChI is InChI=1S/C21H17IN2O3/c1-26-20-10-14-13-6-2-5-9-18(13)27-19(14)11-17(20)23-12-21(25)24-16-8-4-3-7-15(16)22/h2-11,23H,12H2,1H3,(H,24,25). The summed E-state index contributed by atoms with van der Waals surface area (Å²) in [5, 5.41) is 8.06. The zero-order valence-electron chi connectivity index (χ0n) is 14.6. The van der Waals surface area contributed by atoms with Crippen LogP contribution in [0.15, 0.2) is 65.1 Å². The second kappa shape index (κ2) is 7.48. The monoisotopic (exact) mass is 472 g/mol. The topological polar surface area (TPSA) is 63.5 Å². The minimum atomic E-state index is -0.133. The lowest BCUT2D eigenvalue weighted by Gasteiger charge is -2.12. The smallest absolute Gasteiger partial charge is 0.243 e. The highest BCUT2D eigenvalue weighted by Crippen LogP contribution is 2.36. The number of amides is 1. The molecule has 0 spiro atoms. The SMILES string of the molecule is COc1cc2c(cc1NCC(=O)Nc1ccccc1I)oc1ccccc12. The zero-order chi connectivity index (χ0) is 18.8. The molecule has 3 aromatic carbocycles. The Labute approximate surface area is 169 Å². The first-order valence-electron chi connectivity index (χ1n) is 8.43. The number of furan rings is 1. The molecule has 27 heavy (non-hydrogen) atoms. The lowest BCUT2D eigenvalue weighted by atomic mass is 10.1. The third-order valence-electron chi connectivity index (χ3n) is 4.29. The van der Waals surface area contributed by atoms with Gasteiger partial charge >= 0.3 is 0 Å². The Hall–Kier alpha value is -2.74. The highest BCUT2D eigenvalue weighted by molar-refractivity contribution is 14.1. The normalized spacial score (nSPS) is 10.9. The molecule has 0 atom stereocenters. The summed E-state index contributed by atoms with van der Waals surface area (Å²) in [5.41, 5.74) is 3.08. The predicted octanol–water partition coefficient (Wildman–Crippen LogP) is 5.25. The minimum absolute atomic E-state index is 0.118. The van der Waals surface area contributed by atoms with Gasteiger partial charge in [0.15, 0.2) is 0 Å². The highest BCUT2D eigenvalue weighted by Gasteiger charge is 2.13. The van der Waals surface area contributed by atoms with Gasteiger partial charge in [-0.2, -0.15) is 0 Å². The summed E-state index contributed by atoms with van der Waals surface area (Å²) in [5.74, 6) is 0.530. The Morgan fingerprint density at radius 3 is 2.59 bits per heavy atom. The van der Waals surface area contributed by atoms with Gasteiger partial charge in [-0.15, -0.1) is 0 Å². The van der Waals surface area contributed by atoms with E-state index in [2.05, 4.69) is 33.2 Å². The van der Waals surface area contributed by atoms with Crippen LogP contribution in [0.2, 0.25) is 0 Å². The molecule has 0 fully saturated rings. The van der Waals surface area contributed by atoms with Crippen molar-refractivity contribution in [2.45, 2.75) is 0 Å². The number of para-hydroxylation sites is 2. The summed E-state index contributed by atoms with van der Waals surface area (Å²) >= 11 is 2.19. The number of rotatable bonds is 5. The average Bonchev–Trinajstić information content (AvgIpc) is 3.04. The number of ether oxygens (including phenoxy) is 1. The van der Waals surface area contributed by atoms with Crippen molar-refractivity contribution in [2.24, 2.45) is 0 Å². The van der Waals surface area contributed by atoms with E-state index in [0.717, 1.165) is 31.2 Å². The van der Waals surface area contributed by atoms with E-state index in [1.165, 1.54) is 0 Å². The van der Waals surface area contributed by atoms with Crippen LogP contribution in [0, 0.1) is 3.57 Å². The summed E-state index contributed by atoms with van der Waals surface area (Å²) in [4.78, 5) is 12.3. The number of carbonyl (C=O) groups is 1.